The van der Waals surface area contributed by atoms with Gasteiger partial charge in [0.25, 0.3) is 11.8 Å². The van der Waals surface area contributed by atoms with Crippen LogP contribution in [0.3, 0.4) is 0 Å². The van der Waals surface area contributed by atoms with Crippen LogP contribution in [0.25, 0.3) is 0 Å². The van der Waals surface area contributed by atoms with Crippen LogP contribution in [0.5, 0.6) is 0 Å². The topological polar surface area (TPSA) is 75.4 Å². The number of carbonyl (C=O) groups excluding carboxylic acids is 2. The number of likely N-dealkylation sites (tertiary alicyclic amines) is 1. The largest absolute Gasteiger partial charge is 0.459 e. The van der Waals surface area contributed by atoms with Crippen LogP contribution in [0.4, 0.5) is 0 Å². The second kappa shape index (κ2) is 6.83. The molecule has 2 aromatic rings. The van der Waals surface area contributed by atoms with Gasteiger partial charge >= 0.3 is 0 Å². The summed E-state index contributed by atoms with van der Waals surface area (Å²) in [6.07, 6.45) is 4.35. The van der Waals surface area contributed by atoms with Gasteiger partial charge in [0.15, 0.2) is 5.76 Å². The number of hydrogen-bond donors (Lipinski definition) is 1. The zero-order valence-electron chi connectivity index (χ0n) is 12.4. The molecule has 1 aliphatic rings. The molecule has 0 aliphatic carbocycles. The smallest absolute Gasteiger partial charge is 0.289 e. The van der Waals surface area contributed by atoms with Crippen molar-refractivity contribution in [2.24, 2.45) is 0 Å². The first kappa shape index (κ1) is 15.6. The third-order valence-electron chi connectivity index (χ3n) is 3.84. The number of halogens is 1. The monoisotopic (exact) mass is 333 g/mol. The molecule has 6 nitrogen and oxygen atoms in total. The number of furan rings is 1. The van der Waals surface area contributed by atoms with E-state index < -0.39 is 0 Å². The number of aromatic nitrogens is 1. The lowest BCUT2D eigenvalue weighted by molar-refractivity contribution is 0.0667. The summed E-state index contributed by atoms with van der Waals surface area (Å²) in [5.74, 6) is 0.0615. The standard InChI is InChI=1S/C16H16ClN3O3/c17-14-4-3-11(10-18-14)15(21)19-12-5-7-20(8-6-12)16(22)13-2-1-9-23-13/h1-4,9-10,12H,5-8H2,(H,19,21). The molecule has 0 unspecified atom stereocenters. The molecule has 1 N–H and O–H groups in total. The van der Waals surface area contributed by atoms with E-state index in [4.69, 9.17) is 16.0 Å². The molecule has 0 atom stereocenters. The molecule has 0 saturated carbocycles. The summed E-state index contributed by atoms with van der Waals surface area (Å²) in [4.78, 5) is 29.9. The van der Waals surface area contributed by atoms with Crippen LogP contribution in [0.15, 0.2) is 41.1 Å². The predicted octanol–water partition coefficient (Wildman–Crippen LogP) is 2.36. The number of piperidine rings is 1. The van der Waals surface area contributed by atoms with E-state index in [9.17, 15) is 9.59 Å². The van der Waals surface area contributed by atoms with Crippen LogP contribution >= 0.6 is 11.6 Å². The summed E-state index contributed by atoms with van der Waals surface area (Å²) >= 11 is 5.71. The van der Waals surface area contributed by atoms with E-state index in [-0.39, 0.29) is 17.9 Å². The number of amides is 2. The molecule has 23 heavy (non-hydrogen) atoms. The predicted molar refractivity (Wildman–Crippen MR) is 84.3 cm³/mol. The second-order valence-corrected chi connectivity index (χ2v) is 5.77. The van der Waals surface area contributed by atoms with Gasteiger partial charge in [0, 0.05) is 25.3 Å². The van der Waals surface area contributed by atoms with Gasteiger partial charge in [0.05, 0.1) is 11.8 Å². The molecule has 120 valence electrons. The van der Waals surface area contributed by atoms with Crippen molar-refractivity contribution in [1.82, 2.24) is 15.2 Å². The maximum atomic E-state index is 12.2. The van der Waals surface area contributed by atoms with Crippen LogP contribution < -0.4 is 5.32 Å². The molecular weight excluding hydrogens is 318 g/mol. The normalized spacial score (nSPS) is 15.4. The molecule has 0 spiro atoms. The van der Waals surface area contributed by atoms with E-state index in [1.807, 2.05) is 0 Å². The van der Waals surface area contributed by atoms with E-state index in [0.29, 0.717) is 42.4 Å². The maximum absolute atomic E-state index is 12.2. The molecule has 1 saturated heterocycles. The highest BCUT2D eigenvalue weighted by molar-refractivity contribution is 6.29. The molecule has 2 amide bonds. The average molecular weight is 334 g/mol. The Balaban J connectivity index is 1.52. The summed E-state index contributed by atoms with van der Waals surface area (Å²) in [5.41, 5.74) is 0.475. The van der Waals surface area contributed by atoms with Gasteiger partial charge in [-0.1, -0.05) is 11.6 Å². The fourth-order valence-corrected chi connectivity index (χ4v) is 2.67. The van der Waals surface area contributed by atoms with E-state index in [0.717, 1.165) is 0 Å². The minimum Gasteiger partial charge on any atom is -0.459 e. The second-order valence-electron chi connectivity index (χ2n) is 5.39. The lowest BCUT2D eigenvalue weighted by Crippen LogP contribution is -2.46. The quantitative estimate of drug-likeness (QED) is 0.875. The zero-order valence-corrected chi connectivity index (χ0v) is 13.1. The van der Waals surface area contributed by atoms with E-state index in [1.165, 1.54) is 12.5 Å². The SMILES string of the molecule is O=C(NC1CCN(C(=O)c2ccco2)CC1)c1ccc(Cl)nc1. The lowest BCUT2D eigenvalue weighted by atomic mass is 10.0. The summed E-state index contributed by atoms with van der Waals surface area (Å²) in [6, 6.07) is 6.62. The van der Waals surface area contributed by atoms with Crippen molar-refractivity contribution in [2.75, 3.05) is 13.1 Å². The van der Waals surface area contributed by atoms with Crippen LogP contribution in [-0.4, -0.2) is 40.8 Å². The summed E-state index contributed by atoms with van der Waals surface area (Å²) < 4.78 is 5.13. The van der Waals surface area contributed by atoms with Gasteiger partial charge in [-0.15, -0.1) is 0 Å². The van der Waals surface area contributed by atoms with E-state index in [2.05, 4.69) is 10.3 Å². The first-order valence-corrected chi connectivity index (χ1v) is 7.76. The van der Waals surface area contributed by atoms with Crippen molar-refractivity contribution in [2.45, 2.75) is 18.9 Å². The minimum atomic E-state index is -0.176. The average Bonchev–Trinajstić information content (AvgIpc) is 3.10. The van der Waals surface area contributed by atoms with Gasteiger partial charge in [-0.3, -0.25) is 9.59 Å². The molecular formula is C16H16ClN3O3. The highest BCUT2D eigenvalue weighted by Gasteiger charge is 2.26. The number of nitrogens with zero attached hydrogens (tertiary/aromatic N) is 2. The van der Waals surface area contributed by atoms with Crippen molar-refractivity contribution in [3.05, 3.63) is 53.2 Å². The zero-order chi connectivity index (χ0) is 16.2. The lowest BCUT2D eigenvalue weighted by Gasteiger charge is -2.31. The number of nitrogens with one attached hydrogen (secondary N) is 1. The highest BCUT2D eigenvalue weighted by Crippen LogP contribution is 2.15. The minimum absolute atomic E-state index is 0.0406. The van der Waals surface area contributed by atoms with Crippen LogP contribution in [0, 0.1) is 0 Å². The molecule has 2 aromatic heterocycles. The maximum Gasteiger partial charge on any atom is 0.289 e. The van der Waals surface area contributed by atoms with Crippen LogP contribution in [-0.2, 0) is 0 Å². The molecule has 1 fully saturated rings. The number of carbonyl (C=O) groups is 2. The molecule has 0 aromatic carbocycles. The Labute approximate surface area is 138 Å². The summed E-state index contributed by atoms with van der Waals surface area (Å²) in [6.45, 7) is 1.17. The van der Waals surface area contributed by atoms with Gasteiger partial charge in [0.1, 0.15) is 5.15 Å². The third-order valence-corrected chi connectivity index (χ3v) is 4.06. The fourth-order valence-electron chi connectivity index (χ4n) is 2.56. The van der Waals surface area contributed by atoms with Crippen LogP contribution in [0.2, 0.25) is 5.15 Å². The van der Waals surface area contributed by atoms with Gasteiger partial charge in [-0.2, -0.15) is 0 Å². The molecule has 7 heteroatoms. The molecule has 1 aliphatic heterocycles. The Bertz CT molecular complexity index is 677. The highest BCUT2D eigenvalue weighted by atomic mass is 35.5. The van der Waals surface area contributed by atoms with Crippen molar-refractivity contribution in [3.8, 4) is 0 Å². The van der Waals surface area contributed by atoms with Crippen molar-refractivity contribution in [1.29, 1.82) is 0 Å². The molecule has 0 radical (unpaired) electrons. The van der Waals surface area contributed by atoms with Gasteiger partial charge in [-0.05, 0) is 37.1 Å². The van der Waals surface area contributed by atoms with E-state index >= 15 is 0 Å². The van der Waals surface area contributed by atoms with Crippen molar-refractivity contribution >= 4 is 23.4 Å². The first-order chi connectivity index (χ1) is 11.1. The molecule has 3 rings (SSSR count). The van der Waals surface area contributed by atoms with Gasteiger partial charge in [-0.25, -0.2) is 4.98 Å². The Morgan fingerprint density at radius 3 is 2.65 bits per heavy atom. The molecule has 3 heterocycles. The van der Waals surface area contributed by atoms with Crippen molar-refractivity contribution < 1.29 is 14.0 Å². The summed E-state index contributed by atoms with van der Waals surface area (Å²) in [5, 5.41) is 3.32. The van der Waals surface area contributed by atoms with Gasteiger partial charge < -0.3 is 14.6 Å². The Morgan fingerprint density at radius 2 is 2.04 bits per heavy atom. The third kappa shape index (κ3) is 3.71. The molecule has 0 bridgehead atoms. The Morgan fingerprint density at radius 1 is 1.26 bits per heavy atom. The van der Waals surface area contributed by atoms with Crippen molar-refractivity contribution in [3.63, 3.8) is 0 Å². The Kier molecular flexibility index (Phi) is 4.62. The Hall–Kier alpha value is -2.34. The van der Waals surface area contributed by atoms with E-state index in [1.54, 1.807) is 29.2 Å². The first-order valence-electron chi connectivity index (χ1n) is 7.38. The fraction of sp³-hybridized carbons (Fsp3) is 0.312. The van der Waals surface area contributed by atoms with Gasteiger partial charge in [0.2, 0.25) is 0 Å². The number of rotatable bonds is 3. The number of hydrogen-bond acceptors (Lipinski definition) is 4. The number of pyridine rings is 1. The van der Waals surface area contributed by atoms with Crippen LogP contribution in [0.1, 0.15) is 33.8 Å². The summed E-state index contributed by atoms with van der Waals surface area (Å²) in [7, 11) is 0.